The predicted molar refractivity (Wildman–Crippen MR) is 125 cm³/mol. The fourth-order valence-electron chi connectivity index (χ4n) is 3.63. The van der Waals surface area contributed by atoms with Crippen molar-refractivity contribution >= 4 is 23.2 Å². The van der Waals surface area contributed by atoms with Gasteiger partial charge in [-0.25, -0.2) is 0 Å². The highest BCUT2D eigenvalue weighted by Gasteiger charge is 2.22. The zero-order valence-corrected chi connectivity index (χ0v) is 18.4. The molecule has 0 aliphatic rings. The fourth-order valence-corrected chi connectivity index (χ4v) is 3.82. The quantitative estimate of drug-likeness (QED) is 0.459. The highest BCUT2D eigenvalue weighted by atomic mass is 35.5. The molecule has 0 radical (unpaired) electrons. The summed E-state index contributed by atoms with van der Waals surface area (Å²) in [5.74, 6) is -0.409. The van der Waals surface area contributed by atoms with E-state index < -0.39 is 5.91 Å². The van der Waals surface area contributed by atoms with Gasteiger partial charge in [-0.1, -0.05) is 61.7 Å². The molecule has 156 valence electrons. The summed E-state index contributed by atoms with van der Waals surface area (Å²) in [6, 6.07) is 16.4. The van der Waals surface area contributed by atoms with Gasteiger partial charge in [0.1, 0.15) is 5.56 Å². The lowest BCUT2D eigenvalue weighted by atomic mass is 10.0. The van der Waals surface area contributed by atoms with Crippen LogP contribution in [0.2, 0.25) is 5.02 Å². The number of carbonyl (C=O) groups is 1. The van der Waals surface area contributed by atoms with Gasteiger partial charge in [0.2, 0.25) is 0 Å². The summed E-state index contributed by atoms with van der Waals surface area (Å²) in [7, 11) is 0. The minimum Gasteiger partial charge on any atom is -0.344 e. The van der Waals surface area contributed by atoms with Crippen molar-refractivity contribution in [2.45, 2.75) is 46.6 Å². The van der Waals surface area contributed by atoms with Gasteiger partial charge in [0.25, 0.3) is 5.91 Å². The van der Waals surface area contributed by atoms with Crippen LogP contribution in [0.25, 0.3) is 11.3 Å². The van der Waals surface area contributed by atoms with E-state index in [4.69, 9.17) is 11.6 Å². The highest BCUT2D eigenvalue weighted by molar-refractivity contribution is 6.30. The summed E-state index contributed by atoms with van der Waals surface area (Å²) in [5, 5.41) is 3.48. The molecule has 4 nitrogen and oxygen atoms in total. The Morgan fingerprint density at radius 2 is 1.80 bits per heavy atom. The van der Waals surface area contributed by atoms with Gasteiger partial charge in [-0.05, 0) is 44.0 Å². The number of hydrogen-bond donors (Lipinski definition) is 1. The molecule has 2 aromatic carbocycles. The van der Waals surface area contributed by atoms with Gasteiger partial charge in [0, 0.05) is 34.6 Å². The number of aromatic nitrogens is 1. The molecule has 30 heavy (non-hydrogen) atoms. The number of halogens is 1. The minimum absolute atomic E-state index is 0.141. The molecule has 1 N–H and O–H groups in total. The fraction of sp³-hybridized carbons (Fsp3) is 0.280. The summed E-state index contributed by atoms with van der Waals surface area (Å²) in [5.41, 5.74) is 3.68. The van der Waals surface area contributed by atoms with Crippen molar-refractivity contribution in [1.82, 2.24) is 4.57 Å². The Bertz CT molecular complexity index is 1120. The summed E-state index contributed by atoms with van der Waals surface area (Å²) in [6.45, 7) is 6.71. The second-order valence-corrected chi connectivity index (χ2v) is 7.95. The van der Waals surface area contributed by atoms with E-state index in [2.05, 4.69) is 16.8 Å². The summed E-state index contributed by atoms with van der Waals surface area (Å²) in [6.07, 6.45) is 3.13. The Morgan fingerprint density at radius 1 is 1.03 bits per heavy atom. The van der Waals surface area contributed by atoms with E-state index in [1.165, 1.54) is 0 Å². The lowest BCUT2D eigenvalue weighted by Crippen LogP contribution is -2.27. The number of carbonyl (C=O) groups excluding carboxylic acids is 1. The molecule has 1 heterocycles. The van der Waals surface area contributed by atoms with Gasteiger partial charge in [-0.2, -0.15) is 0 Å². The largest absolute Gasteiger partial charge is 0.344 e. The van der Waals surface area contributed by atoms with E-state index in [0.29, 0.717) is 16.4 Å². The Kier molecular flexibility index (Phi) is 7.11. The Morgan fingerprint density at radius 3 is 2.50 bits per heavy atom. The average molecular weight is 423 g/mol. The number of hydrogen-bond acceptors (Lipinski definition) is 2. The van der Waals surface area contributed by atoms with Crippen molar-refractivity contribution in [2.75, 3.05) is 5.32 Å². The molecule has 0 bridgehead atoms. The molecule has 3 rings (SSSR count). The molecule has 0 fully saturated rings. The maximum absolute atomic E-state index is 13.3. The second-order valence-electron chi connectivity index (χ2n) is 7.51. The van der Waals surface area contributed by atoms with Crippen LogP contribution < -0.4 is 10.7 Å². The summed E-state index contributed by atoms with van der Waals surface area (Å²) >= 11 is 6.25. The van der Waals surface area contributed by atoms with E-state index in [0.717, 1.165) is 42.6 Å². The molecular weight excluding hydrogens is 396 g/mol. The van der Waals surface area contributed by atoms with Crippen LogP contribution >= 0.6 is 11.6 Å². The van der Waals surface area contributed by atoms with Crippen molar-refractivity contribution in [3.05, 3.63) is 86.7 Å². The third-order valence-corrected chi connectivity index (χ3v) is 5.46. The number of unbranched alkanes of at least 4 members (excludes halogenated alkanes) is 2. The standard InChI is InChI=1S/C25H27ClN2O2/c1-4-5-8-14-28-18(3)15-22(29)23(24(28)19-11-9-12-20(26)16-19)25(30)27-21-13-7-6-10-17(21)2/h6-7,9-13,15-16H,4-5,8,14H2,1-3H3,(H,27,30). The van der Waals surface area contributed by atoms with Crippen LogP contribution in [0.1, 0.15) is 47.8 Å². The minimum atomic E-state index is -0.409. The lowest BCUT2D eigenvalue weighted by molar-refractivity contribution is 0.102. The van der Waals surface area contributed by atoms with Gasteiger partial charge in [0.15, 0.2) is 5.43 Å². The van der Waals surface area contributed by atoms with Crippen molar-refractivity contribution in [1.29, 1.82) is 0 Å². The van der Waals surface area contributed by atoms with Crippen molar-refractivity contribution < 1.29 is 4.79 Å². The zero-order valence-electron chi connectivity index (χ0n) is 17.7. The third kappa shape index (κ3) is 4.82. The number of aryl methyl sites for hydroxylation is 2. The normalized spacial score (nSPS) is 10.8. The SMILES string of the molecule is CCCCCn1c(C)cc(=O)c(C(=O)Nc2ccccc2C)c1-c1cccc(Cl)c1. The van der Waals surface area contributed by atoms with Gasteiger partial charge < -0.3 is 9.88 Å². The van der Waals surface area contributed by atoms with Crippen molar-refractivity contribution in [3.63, 3.8) is 0 Å². The molecule has 5 heteroatoms. The number of anilines is 1. The average Bonchev–Trinajstić information content (AvgIpc) is 2.71. The lowest BCUT2D eigenvalue weighted by Gasteiger charge is -2.21. The molecule has 3 aromatic rings. The van der Waals surface area contributed by atoms with Crippen molar-refractivity contribution in [2.24, 2.45) is 0 Å². The number of nitrogens with zero attached hydrogens (tertiary/aromatic N) is 1. The number of rotatable bonds is 7. The molecule has 0 aliphatic heterocycles. The van der Waals surface area contributed by atoms with Crippen LogP contribution in [0.4, 0.5) is 5.69 Å². The molecule has 0 atom stereocenters. The van der Waals surface area contributed by atoms with Gasteiger partial charge >= 0.3 is 0 Å². The van der Waals surface area contributed by atoms with E-state index in [-0.39, 0.29) is 11.0 Å². The van der Waals surface area contributed by atoms with E-state index in [1.807, 2.05) is 50.2 Å². The first-order chi connectivity index (χ1) is 14.4. The summed E-state index contributed by atoms with van der Waals surface area (Å²) < 4.78 is 2.06. The third-order valence-electron chi connectivity index (χ3n) is 5.22. The van der Waals surface area contributed by atoms with Gasteiger partial charge in [-0.3, -0.25) is 9.59 Å². The maximum Gasteiger partial charge on any atom is 0.261 e. The molecule has 0 saturated carbocycles. The van der Waals surface area contributed by atoms with Gasteiger partial charge in [0.05, 0.1) is 5.69 Å². The van der Waals surface area contributed by atoms with Crippen LogP contribution in [0, 0.1) is 13.8 Å². The van der Waals surface area contributed by atoms with Crippen molar-refractivity contribution in [3.8, 4) is 11.3 Å². The van der Waals surface area contributed by atoms with E-state index in [1.54, 1.807) is 18.2 Å². The Labute approximate surface area is 182 Å². The smallest absolute Gasteiger partial charge is 0.261 e. The van der Waals surface area contributed by atoms with Crippen LogP contribution in [0.15, 0.2) is 59.4 Å². The summed E-state index contributed by atoms with van der Waals surface area (Å²) in [4.78, 5) is 26.3. The topological polar surface area (TPSA) is 51.1 Å². The molecule has 0 saturated heterocycles. The zero-order chi connectivity index (χ0) is 21.7. The van der Waals surface area contributed by atoms with Crippen LogP contribution in [0.5, 0.6) is 0 Å². The Hall–Kier alpha value is -2.85. The number of pyridine rings is 1. The Balaban J connectivity index is 2.17. The number of benzene rings is 2. The first kappa shape index (κ1) is 21.8. The van der Waals surface area contributed by atoms with Crippen LogP contribution in [-0.4, -0.2) is 10.5 Å². The molecule has 0 unspecified atom stereocenters. The first-order valence-electron chi connectivity index (χ1n) is 10.3. The number of para-hydroxylation sites is 1. The monoisotopic (exact) mass is 422 g/mol. The highest BCUT2D eigenvalue weighted by Crippen LogP contribution is 2.27. The predicted octanol–water partition coefficient (Wildman–Crippen LogP) is 6.23. The van der Waals surface area contributed by atoms with E-state index in [9.17, 15) is 9.59 Å². The van der Waals surface area contributed by atoms with Gasteiger partial charge in [-0.15, -0.1) is 0 Å². The molecule has 1 aromatic heterocycles. The molecular formula is C25H27ClN2O2. The molecule has 0 spiro atoms. The second kappa shape index (κ2) is 9.77. The van der Waals surface area contributed by atoms with Crippen LogP contribution in [0.3, 0.4) is 0 Å². The van der Waals surface area contributed by atoms with E-state index >= 15 is 0 Å². The number of nitrogens with one attached hydrogen (secondary N) is 1. The maximum atomic E-state index is 13.3. The van der Waals surface area contributed by atoms with Crippen LogP contribution in [-0.2, 0) is 6.54 Å². The number of amides is 1. The molecule has 0 aliphatic carbocycles. The first-order valence-corrected chi connectivity index (χ1v) is 10.7. The molecule has 1 amide bonds.